The average Bonchev–Trinajstić information content (AvgIpc) is 3.76. The van der Waals surface area contributed by atoms with E-state index in [2.05, 4.69) is 148 Å². The van der Waals surface area contributed by atoms with Crippen molar-refractivity contribution in [2.45, 2.75) is 133 Å². The molecule has 2 aromatic carbocycles. The SMILES string of the molecule is CCCCn1c(/C=C/C2=CC(=C/C=O)/CC(C)(C)C2)nc2ccc(N(CC)CCO)cc21.CCCCn1c(/C=C/C2=CC(=O)CC(C)(C)C2)nc2ccc(N(CC)CCC)cc21. The van der Waals surface area contributed by atoms with Gasteiger partial charge in [-0.1, -0.05) is 79.5 Å². The smallest absolute Gasteiger partial charge is 0.156 e. The molecule has 0 saturated heterocycles. The van der Waals surface area contributed by atoms with Crippen LogP contribution in [0.2, 0.25) is 0 Å². The van der Waals surface area contributed by atoms with E-state index in [0.29, 0.717) is 13.0 Å². The van der Waals surface area contributed by atoms with Crippen LogP contribution in [0.25, 0.3) is 34.2 Å². The molecule has 4 aromatic rings. The molecule has 9 heteroatoms. The van der Waals surface area contributed by atoms with E-state index in [9.17, 15) is 14.7 Å². The first-order chi connectivity index (χ1) is 29.8. The van der Waals surface area contributed by atoms with Crippen molar-refractivity contribution in [2.24, 2.45) is 10.8 Å². The highest BCUT2D eigenvalue weighted by molar-refractivity contribution is 5.92. The first-order valence-corrected chi connectivity index (χ1v) is 23.3. The second kappa shape index (κ2) is 22.4. The maximum absolute atomic E-state index is 12.1. The number of aliphatic hydroxyl groups excluding tert-OH is 1. The number of rotatable bonds is 19. The Bertz CT molecular complexity index is 2300. The largest absolute Gasteiger partial charge is 0.395 e. The number of aryl methyl sites for hydroxylation is 2. The summed E-state index contributed by atoms with van der Waals surface area (Å²) in [4.78, 5) is 37.5. The summed E-state index contributed by atoms with van der Waals surface area (Å²) in [6.07, 6.45) is 24.1. The third-order valence-corrected chi connectivity index (χ3v) is 11.9. The Morgan fingerprint density at radius 1 is 0.661 bits per heavy atom. The summed E-state index contributed by atoms with van der Waals surface area (Å²) in [6, 6.07) is 13.0. The molecule has 0 aliphatic heterocycles. The summed E-state index contributed by atoms with van der Waals surface area (Å²) >= 11 is 0. The van der Waals surface area contributed by atoms with Crippen molar-refractivity contribution >= 4 is 57.7 Å². The highest BCUT2D eigenvalue weighted by Gasteiger charge is 2.27. The number of fused-ring (bicyclic) bond motifs is 2. The molecule has 0 unspecified atom stereocenters. The first kappa shape index (κ1) is 48.0. The maximum Gasteiger partial charge on any atom is 0.156 e. The van der Waals surface area contributed by atoms with Gasteiger partial charge in [0, 0.05) is 57.1 Å². The van der Waals surface area contributed by atoms with E-state index < -0.39 is 0 Å². The van der Waals surface area contributed by atoms with Crippen LogP contribution in [0.4, 0.5) is 11.4 Å². The minimum absolute atomic E-state index is 0.0334. The number of hydrogen-bond donors (Lipinski definition) is 1. The fourth-order valence-electron chi connectivity index (χ4n) is 9.02. The van der Waals surface area contributed by atoms with Gasteiger partial charge in [-0.3, -0.25) is 9.59 Å². The normalized spacial score (nSPS) is 16.9. The topological polar surface area (TPSA) is 96.5 Å². The zero-order valence-electron chi connectivity index (χ0n) is 39.3. The number of aliphatic hydroxyl groups is 1. The molecule has 1 N–H and O–H groups in total. The second-order valence-electron chi connectivity index (χ2n) is 18.7. The minimum Gasteiger partial charge on any atom is -0.395 e. The standard InChI is InChI=1S/C27H37N3O2.C26H37N3O/c1-5-7-13-30-25-18-23(29(6-2)14-16-32)9-10-24(25)28-26(30)11-8-21-17-22(12-15-31)20-27(3,4)19-21;1-6-9-15-29-24-17-21(28(8-3)14-7-2)11-12-23(24)27-25(29)13-10-20-16-22(30)19-26(4,5)18-20/h8-12,15,17-18,32H,5-7,13-14,16,19-20H2,1-4H3;10-13,16-17H,6-9,14-15,18-19H2,1-5H3/b11-8+,22-12-;13-10+. The Morgan fingerprint density at radius 3 is 1.61 bits per heavy atom. The van der Waals surface area contributed by atoms with Crippen molar-refractivity contribution in [3.63, 3.8) is 0 Å². The Kier molecular flexibility index (Phi) is 17.3. The summed E-state index contributed by atoms with van der Waals surface area (Å²) in [7, 11) is 0. The lowest BCUT2D eigenvalue weighted by molar-refractivity contribution is -0.117. The van der Waals surface area contributed by atoms with Crippen molar-refractivity contribution in [2.75, 3.05) is 42.6 Å². The number of carbonyl (C=O) groups excluding carboxylic acids is 2. The third kappa shape index (κ3) is 12.8. The molecule has 62 heavy (non-hydrogen) atoms. The molecule has 2 aromatic heterocycles. The number of imidazole rings is 2. The molecule has 2 aliphatic rings. The monoisotopic (exact) mass is 843 g/mol. The summed E-state index contributed by atoms with van der Waals surface area (Å²) in [5, 5.41) is 9.40. The van der Waals surface area contributed by atoms with Gasteiger partial charge in [0.15, 0.2) is 5.78 Å². The number of ketones is 1. The lowest BCUT2D eigenvalue weighted by Crippen LogP contribution is -2.26. The number of hydrogen-bond acceptors (Lipinski definition) is 7. The van der Waals surface area contributed by atoms with Gasteiger partial charge in [0.05, 0.1) is 28.7 Å². The van der Waals surface area contributed by atoms with Crippen molar-refractivity contribution < 1.29 is 14.7 Å². The van der Waals surface area contributed by atoms with E-state index >= 15 is 0 Å². The number of allylic oxidation sites excluding steroid dienone is 8. The van der Waals surface area contributed by atoms with E-state index in [1.54, 1.807) is 6.08 Å². The Morgan fingerprint density at radius 2 is 1.16 bits per heavy atom. The molecule has 9 nitrogen and oxygen atoms in total. The molecular formula is C53H74N6O3. The molecule has 334 valence electrons. The van der Waals surface area contributed by atoms with Crippen molar-refractivity contribution in [3.8, 4) is 0 Å². The molecule has 0 saturated carbocycles. The number of anilines is 2. The van der Waals surface area contributed by atoms with Gasteiger partial charge in [-0.25, -0.2) is 9.97 Å². The quantitative estimate of drug-likeness (QED) is 0.0742. The van der Waals surface area contributed by atoms with E-state index in [0.717, 1.165) is 135 Å². The molecular weight excluding hydrogens is 769 g/mol. The Balaban J connectivity index is 0.000000235. The Labute approximate surface area is 372 Å². The van der Waals surface area contributed by atoms with Crippen molar-refractivity contribution in [1.82, 2.24) is 19.1 Å². The minimum atomic E-state index is 0.0334. The van der Waals surface area contributed by atoms with E-state index in [4.69, 9.17) is 9.97 Å². The van der Waals surface area contributed by atoms with Gasteiger partial charge in [-0.15, -0.1) is 0 Å². The molecule has 0 atom stereocenters. The third-order valence-electron chi connectivity index (χ3n) is 11.9. The van der Waals surface area contributed by atoms with Crippen LogP contribution in [0.3, 0.4) is 0 Å². The van der Waals surface area contributed by atoms with Crippen LogP contribution in [0.15, 0.2) is 83.5 Å². The van der Waals surface area contributed by atoms with Gasteiger partial charge in [0.1, 0.15) is 17.9 Å². The number of unbranched alkanes of at least 4 members (excludes halogenated alkanes) is 2. The van der Waals surface area contributed by atoms with Crippen LogP contribution in [-0.4, -0.2) is 69.1 Å². The predicted octanol–water partition coefficient (Wildman–Crippen LogP) is 11.9. The number of benzene rings is 2. The zero-order valence-corrected chi connectivity index (χ0v) is 39.3. The van der Waals surface area contributed by atoms with E-state index in [1.165, 1.54) is 16.8 Å². The molecule has 0 spiro atoms. The summed E-state index contributed by atoms with van der Waals surface area (Å²) < 4.78 is 4.65. The van der Waals surface area contributed by atoms with Gasteiger partial charge in [-0.05, 0) is 141 Å². The fraction of sp³-hybridized carbons (Fsp3) is 0.509. The second-order valence-corrected chi connectivity index (χ2v) is 18.7. The molecule has 2 heterocycles. The van der Waals surface area contributed by atoms with Gasteiger partial charge < -0.3 is 24.0 Å². The number of likely N-dealkylation sites (N-methyl/N-ethyl adjacent to an activating group) is 1. The molecule has 0 bridgehead atoms. The van der Waals surface area contributed by atoms with Gasteiger partial charge in [0.2, 0.25) is 0 Å². The number of carbonyl (C=O) groups is 2. The average molecular weight is 843 g/mol. The summed E-state index contributed by atoms with van der Waals surface area (Å²) in [5.41, 5.74) is 10.3. The van der Waals surface area contributed by atoms with Crippen LogP contribution in [0.5, 0.6) is 0 Å². The van der Waals surface area contributed by atoms with Crippen LogP contribution in [0, 0.1) is 10.8 Å². The van der Waals surface area contributed by atoms with Crippen molar-refractivity contribution in [3.05, 3.63) is 95.1 Å². The maximum atomic E-state index is 12.1. The molecule has 2 aliphatic carbocycles. The molecule has 0 amide bonds. The molecule has 6 rings (SSSR count). The number of nitrogens with zero attached hydrogens (tertiary/aromatic N) is 6. The lowest BCUT2D eigenvalue weighted by Gasteiger charge is -2.30. The van der Waals surface area contributed by atoms with Crippen molar-refractivity contribution in [1.29, 1.82) is 0 Å². The lowest BCUT2D eigenvalue weighted by atomic mass is 9.75. The van der Waals surface area contributed by atoms with E-state index in [-0.39, 0.29) is 23.2 Å². The number of aldehydes is 1. The number of aromatic nitrogens is 4. The van der Waals surface area contributed by atoms with Gasteiger partial charge in [0.25, 0.3) is 0 Å². The Hall–Kier alpha value is -5.02. The van der Waals surface area contributed by atoms with Gasteiger partial charge in [-0.2, -0.15) is 0 Å². The molecule has 0 radical (unpaired) electrons. The van der Waals surface area contributed by atoms with Crippen LogP contribution in [-0.2, 0) is 22.7 Å². The predicted molar refractivity (Wildman–Crippen MR) is 262 cm³/mol. The highest BCUT2D eigenvalue weighted by atomic mass is 16.3. The van der Waals surface area contributed by atoms with Crippen LogP contribution in [0.1, 0.15) is 132 Å². The zero-order chi connectivity index (χ0) is 44.9. The van der Waals surface area contributed by atoms with Gasteiger partial charge >= 0.3 is 0 Å². The summed E-state index contributed by atoms with van der Waals surface area (Å²) in [5.74, 6) is 2.16. The fourth-order valence-corrected chi connectivity index (χ4v) is 9.02. The summed E-state index contributed by atoms with van der Waals surface area (Å²) in [6.45, 7) is 25.4. The first-order valence-electron chi connectivity index (χ1n) is 23.3. The van der Waals surface area contributed by atoms with E-state index in [1.807, 2.05) is 6.08 Å². The molecule has 0 fully saturated rings. The highest BCUT2D eigenvalue weighted by Crippen LogP contribution is 2.39. The van der Waals surface area contributed by atoms with Crippen LogP contribution >= 0.6 is 0 Å². The van der Waals surface area contributed by atoms with Crippen LogP contribution < -0.4 is 9.80 Å².